The van der Waals surface area contributed by atoms with Crippen molar-refractivity contribution in [2.75, 3.05) is 0 Å². The standard InChI is InChI=1S/C20H22N2O5/c23-18(21-15-9-8-14(12-15)20(25)26)16(11-13-5-2-1-3-6-13)22-19(24)17-7-4-10-27-17/h1-7,10,14-16H,8-9,11-12H2,(H,21,23)(H,22,24)(H,25,26)/t14-,15+,16?/m1/s1. The fourth-order valence-electron chi connectivity index (χ4n) is 3.33. The molecule has 0 saturated heterocycles. The molecule has 1 unspecified atom stereocenters. The largest absolute Gasteiger partial charge is 0.481 e. The lowest BCUT2D eigenvalue weighted by molar-refractivity contribution is -0.141. The van der Waals surface area contributed by atoms with Gasteiger partial charge in [-0.25, -0.2) is 0 Å². The Balaban J connectivity index is 1.67. The summed E-state index contributed by atoms with van der Waals surface area (Å²) >= 11 is 0. The van der Waals surface area contributed by atoms with Gasteiger partial charge in [-0.05, 0) is 37.0 Å². The summed E-state index contributed by atoms with van der Waals surface area (Å²) in [5.41, 5.74) is 0.909. The van der Waals surface area contributed by atoms with Gasteiger partial charge in [0.2, 0.25) is 5.91 Å². The maximum Gasteiger partial charge on any atom is 0.306 e. The van der Waals surface area contributed by atoms with Crippen molar-refractivity contribution in [3.05, 3.63) is 60.1 Å². The molecule has 142 valence electrons. The number of carbonyl (C=O) groups excluding carboxylic acids is 2. The molecule has 0 aliphatic heterocycles. The third-order valence-electron chi connectivity index (χ3n) is 4.78. The van der Waals surface area contributed by atoms with Crippen LogP contribution in [0.4, 0.5) is 0 Å². The Bertz CT molecular complexity index is 788. The molecule has 3 rings (SSSR count). The van der Waals surface area contributed by atoms with E-state index < -0.39 is 23.8 Å². The van der Waals surface area contributed by atoms with Crippen LogP contribution in [0.15, 0.2) is 53.1 Å². The third-order valence-corrected chi connectivity index (χ3v) is 4.78. The SMILES string of the molecule is O=C(NC(Cc1ccccc1)C(=O)N[C@H]1CC[C@@H](C(=O)O)C1)c1ccco1. The monoisotopic (exact) mass is 370 g/mol. The molecule has 1 aromatic heterocycles. The molecule has 1 fully saturated rings. The molecule has 1 saturated carbocycles. The fraction of sp³-hybridized carbons (Fsp3) is 0.350. The number of aliphatic carboxylic acids is 1. The molecule has 7 heteroatoms. The smallest absolute Gasteiger partial charge is 0.306 e. The van der Waals surface area contributed by atoms with Crippen molar-refractivity contribution in [1.82, 2.24) is 10.6 Å². The molecule has 1 aliphatic rings. The highest BCUT2D eigenvalue weighted by Gasteiger charge is 2.32. The van der Waals surface area contributed by atoms with E-state index in [1.165, 1.54) is 12.3 Å². The Morgan fingerprint density at radius 2 is 1.89 bits per heavy atom. The molecule has 1 aromatic carbocycles. The molecule has 3 atom stereocenters. The first kappa shape index (κ1) is 18.7. The van der Waals surface area contributed by atoms with Crippen LogP contribution in [-0.4, -0.2) is 35.0 Å². The van der Waals surface area contributed by atoms with E-state index in [9.17, 15) is 14.4 Å². The summed E-state index contributed by atoms with van der Waals surface area (Å²) in [6.45, 7) is 0. The van der Waals surface area contributed by atoms with Crippen LogP contribution in [-0.2, 0) is 16.0 Å². The molecule has 1 heterocycles. The maximum absolute atomic E-state index is 12.8. The first-order valence-corrected chi connectivity index (χ1v) is 8.94. The summed E-state index contributed by atoms with van der Waals surface area (Å²) in [5.74, 6) is -1.92. The minimum atomic E-state index is -0.835. The molecule has 2 aromatic rings. The summed E-state index contributed by atoms with van der Waals surface area (Å²) < 4.78 is 5.09. The van der Waals surface area contributed by atoms with Gasteiger partial charge in [-0.15, -0.1) is 0 Å². The Hall–Kier alpha value is -3.09. The zero-order valence-electron chi connectivity index (χ0n) is 14.8. The van der Waals surface area contributed by atoms with Crippen LogP contribution in [0.25, 0.3) is 0 Å². The number of hydrogen-bond donors (Lipinski definition) is 3. The van der Waals surface area contributed by atoms with Crippen molar-refractivity contribution < 1.29 is 23.9 Å². The van der Waals surface area contributed by atoms with E-state index in [-0.39, 0.29) is 17.7 Å². The van der Waals surface area contributed by atoms with Crippen LogP contribution < -0.4 is 10.6 Å². The van der Waals surface area contributed by atoms with E-state index in [2.05, 4.69) is 10.6 Å². The fourth-order valence-corrected chi connectivity index (χ4v) is 3.33. The summed E-state index contributed by atoms with van der Waals surface area (Å²) in [6, 6.07) is 11.5. The first-order valence-electron chi connectivity index (χ1n) is 8.94. The summed E-state index contributed by atoms with van der Waals surface area (Å²) in [7, 11) is 0. The van der Waals surface area contributed by atoms with Gasteiger partial charge in [-0.1, -0.05) is 30.3 Å². The second kappa shape index (κ2) is 8.53. The van der Waals surface area contributed by atoms with Crippen LogP contribution in [0.2, 0.25) is 0 Å². The van der Waals surface area contributed by atoms with Gasteiger partial charge < -0.3 is 20.2 Å². The molecular formula is C20H22N2O5. The van der Waals surface area contributed by atoms with Crippen molar-refractivity contribution in [2.24, 2.45) is 5.92 Å². The number of benzene rings is 1. The minimum absolute atomic E-state index is 0.132. The topological polar surface area (TPSA) is 109 Å². The Morgan fingerprint density at radius 1 is 1.11 bits per heavy atom. The number of hydrogen-bond acceptors (Lipinski definition) is 4. The third kappa shape index (κ3) is 4.97. The molecule has 2 amide bonds. The van der Waals surface area contributed by atoms with Crippen molar-refractivity contribution in [3.63, 3.8) is 0 Å². The molecule has 0 radical (unpaired) electrons. The molecule has 3 N–H and O–H groups in total. The molecular weight excluding hydrogens is 348 g/mol. The first-order chi connectivity index (χ1) is 13.0. The van der Waals surface area contributed by atoms with E-state index in [1.54, 1.807) is 6.07 Å². The van der Waals surface area contributed by atoms with Gasteiger partial charge in [0.1, 0.15) is 6.04 Å². The highest BCUT2D eigenvalue weighted by molar-refractivity contribution is 5.95. The molecule has 27 heavy (non-hydrogen) atoms. The quantitative estimate of drug-likeness (QED) is 0.691. The molecule has 7 nitrogen and oxygen atoms in total. The van der Waals surface area contributed by atoms with Crippen LogP contribution in [0.5, 0.6) is 0 Å². The van der Waals surface area contributed by atoms with Gasteiger partial charge in [-0.3, -0.25) is 14.4 Å². The van der Waals surface area contributed by atoms with Crippen LogP contribution >= 0.6 is 0 Å². The minimum Gasteiger partial charge on any atom is -0.481 e. The van der Waals surface area contributed by atoms with E-state index in [4.69, 9.17) is 9.52 Å². The number of nitrogens with one attached hydrogen (secondary N) is 2. The number of rotatable bonds is 7. The van der Waals surface area contributed by atoms with Gasteiger partial charge in [0.25, 0.3) is 5.91 Å². The second-order valence-electron chi connectivity index (χ2n) is 6.75. The van der Waals surface area contributed by atoms with E-state index >= 15 is 0 Å². The van der Waals surface area contributed by atoms with Gasteiger partial charge in [0, 0.05) is 12.5 Å². The zero-order chi connectivity index (χ0) is 19.2. The second-order valence-corrected chi connectivity index (χ2v) is 6.75. The lowest BCUT2D eigenvalue weighted by Gasteiger charge is -2.21. The molecule has 1 aliphatic carbocycles. The van der Waals surface area contributed by atoms with Gasteiger partial charge in [0.15, 0.2) is 5.76 Å². The summed E-state index contributed by atoms with van der Waals surface area (Å²) in [4.78, 5) is 36.2. The van der Waals surface area contributed by atoms with Gasteiger partial charge in [-0.2, -0.15) is 0 Å². The Morgan fingerprint density at radius 3 is 2.52 bits per heavy atom. The van der Waals surface area contributed by atoms with E-state index in [1.807, 2.05) is 30.3 Å². The number of carboxylic acids is 1. The van der Waals surface area contributed by atoms with Crippen LogP contribution in [0.1, 0.15) is 35.4 Å². The highest BCUT2D eigenvalue weighted by atomic mass is 16.4. The van der Waals surface area contributed by atoms with Crippen LogP contribution in [0.3, 0.4) is 0 Å². The molecule has 0 spiro atoms. The Labute approximate surface area is 156 Å². The average Bonchev–Trinajstić information content (AvgIpc) is 3.34. The lowest BCUT2D eigenvalue weighted by atomic mass is 10.0. The number of furan rings is 1. The van der Waals surface area contributed by atoms with E-state index in [0.29, 0.717) is 25.7 Å². The predicted molar refractivity (Wildman–Crippen MR) is 97.0 cm³/mol. The van der Waals surface area contributed by atoms with Crippen LogP contribution in [0, 0.1) is 5.92 Å². The highest BCUT2D eigenvalue weighted by Crippen LogP contribution is 2.25. The maximum atomic E-state index is 12.8. The van der Waals surface area contributed by atoms with Crippen molar-refractivity contribution in [3.8, 4) is 0 Å². The van der Waals surface area contributed by atoms with Crippen molar-refractivity contribution in [1.29, 1.82) is 0 Å². The average molecular weight is 370 g/mol. The zero-order valence-corrected chi connectivity index (χ0v) is 14.8. The number of carboxylic acid groups (broad SMARTS) is 1. The van der Waals surface area contributed by atoms with Gasteiger partial charge >= 0.3 is 5.97 Å². The van der Waals surface area contributed by atoms with Crippen molar-refractivity contribution >= 4 is 17.8 Å². The van der Waals surface area contributed by atoms with Crippen molar-refractivity contribution in [2.45, 2.75) is 37.8 Å². The number of carbonyl (C=O) groups is 3. The molecule has 0 bridgehead atoms. The number of amides is 2. The summed E-state index contributed by atoms with van der Waals surface area (Å²) in [6.07, 6.45) is 3.29. The lowest BCUT2D eigenvalue weighted by Crippen LogP contribution is -2.50. The Kier molecular flexibility index (Phi) is 5.90. The van der Waals surface area contributed by atoms with E-state index in [0.717, 1.165) is 5.56 Å². The van der Waals surface area contributed by atoms with Gasteiger partial charge in [0.05, 0.1) is 12.2 Å². The summed E-state index contributed by atoms with van der Waals surface area (Å²) in [5, 5.41) is 14.7. The normalized spacial score (nSPS) is 20.0. The predicted octanol–water partition coefficient (Wildman–Crippen LogP) is 1.99.